The number of phenolic OH excluding ortho intramolecular Hbond substituents is 1. The molecule has 6 heteroatoms. The molecular weight excluding hydrogens is 260 g/mol. The molecule has 1 aromatic heterocycles. The lowest BCUT2D eigenvalue weighted by molar-refractivity contribution is 0.0909. The molecule has 1 aromatic carbocycles. The number of amides is 2. The number of nitrogens with one attached hydrogen (secondary N) is 2. The van der Waals surface area contributed by atoms with Gasteiger partial charge in [-0.15, -0.1) is 0 Å². The van der Waals surface area contributed by atoms with E-state index in [-0.39, 0.29) is 36.1 Å². The van der Waals surface area contributed by atoms with E-state index in [9.17, 15) is 14.7 Å². The number of hydrogen-bond donors (Lipinski definition) is 3. The van der Waals surface area contributed by atoms with Crippen LogP contribution in [-0.4, -0.2) is 30.0 Å². The van der Waals surface area contributed by atoms with Crippen LogP contribution < -0.4 is 10.6 Å². The summed E-state index contributed by atoms with van der Waals surface area (Å²) in [4.78, 5) is 23.3. The van der Waals surface area contributed by atoms with Crippen molar-refractivity contribution in [1.29, 1.82) is 0 Å². The molecule has 20 heavy (non-hydrogen) atoms. The van der Waals surface area contributed by atoms with Crippen molar-refractivity contribution >= 4 is 11.8 Å². The minimum atomic E-state index is -0.393. The van der Waals surface area contributed by atoms with Crippen LogP contribution in [0.4, 0.5) is 0 Å². The molecule has 2 aromatic rings. The fourth-order valence-corrected chi connectivity index (χ4v) is 1.61. The van der Waals surface area contributed by atoms with Gasteiger partial charge in [-0.1, -0.05) is 12.1 Å². The minimum Gasteiger partial charge on any atom is -0.507 e. The molecule has 0 radical (unpaired) electrons. The van der Waals surface area contributed by atoms with Crippen molar-refractivity contribution in [1.82, 2.24) is 10.6 Å². The van der Waals surface area contributed by atoms with Gasteiger partial charge in [0, 0.05) is 13.1 Å². The topological polar surface area (TPSA) is 91.6 Å². The van der Waals surface area contributed by atoms with Crippen molar-refractivity contribution in [3.8, 4) is 5.75 Å². The summed E-state index contributed by atoms with van der Waals surface area (Å²) in [5.74, 6) is -0.594. The van der Waals surface area contributed by atoms with E-state index >= 15 is 0 Å². The average molecular weight is 274 g/mol. The third-order valence-electron chi connectivity index (χ3n) is 2.59. The number of aromatic hydroxyl groups is 1. The molecule has 0 unspecified atom stereocenters. The van der Waals surface area contributed by atoms with Gasteiger partial charge >= 0.3 is 0 Å². The zero-order valence-electron chi connectivity index (χ0n) is 10.6. The summed E-state index contributed by atoms with van der Waals surface area (Å²) >= 11 is 0. The molecule has 6 nitrogen and oxygen atoms in total. The summed E-state index contributed by atoms with van der Waals surface area (Å²) in [7, 11) is 0. The van der Waals surface area contributed by atoms with Gasteiger partial charge in [0.15, 0.2) is 5.76 Å². The summed E-state index contributed by atoms with van der Waals surface area (Å²) in [5, 5.41) is 14.7. The smallest absolute Gasteiger partial charge is 0.287 e. The summed E-state index contributed by atoms with van der Waals surface area (Å²) in [6.45, 7) is 0.512. The third kappa shape index (κ3) is 3.38. The predicted octanol–water partition coefficient (Wildman–Crippen LogP) is 1.14. The lowest BCUT2D eigenvalue weighted by Gasteiger charge is -2.07. The van der Waals surface area contributed by atoms with Gasteiger partial charge in [0.05, 0.1) is 11.8 Å². The van der Waals surface area contributed by atoms with Gasteiger partial charge in [0.25, 0.3) is 11.8 Å². The number of benzene rings is 1. The van der Waals surface area contributed by atoms with E-state index in [1.54, 1.807) is 24.3 Å². The maximum Gasteiger partial charge on any atom is 0.287 e. The van der Waals surface area contributed by atoms with E-state index < -0.39 is 5.91 Å². The summed E-state index contributed by atoms with van der Waals surface area (Å²) in [6.07, 6.45) is 1.41. The normalized spacial score (nSPS) is 10.0. The highest BCUT2D eigenvalue weighted by Crippen LogP contribution is 2.14. The Morgan fingerprint density at radius 2 is 1.70 bits per heavy atom. The van der Waals surface area contributed by atoms with Crippen LogP contribution >= 0.6 is 0 Å². The lowest BCUT2D eigenvalue weighted by Crippen LogP contribution is -2.34. The zero-order valence-corrected chi connectivity index (χ0v) is 10.6. The Morgan fingerprint density at radius 3 is 2.35 bits per heavy atom. The summed E-state index contributed by atoms with van der Waals surface area (Å²) in [5.41, 5.74) is 0.199. The van der Waals surface area contributed by atoms with Crippen LogP contribution in [-0.2, 0) is 0 Å². The largest absolute Gasteiger partial charge is 0.507 e. The Balaban J connectivity index is 1.75. The molecule has 0 aliphatic carbocycles. The Bertz CT molecular complexity index is 593. The first-order chi connectivity index (χ1) is 9.68. The van der Waals surface area contributed by atoms with Crippen molar-refractivity contribution < 1.29 is 19.1 Å². The molecule has 0 saturated carbocycles. The Labute approximate surface area is 115 Å². The molecule has 3 N–H and O–H groups in total. The zero-order chi connectivity index (χ0) is 14.4. The first-order valence-corrected chi connectivity index (χ1v) is 6.06. The van der Waals surface area contributed by atoms with Crippen molar-refractivity contribution in [2.24, 2.45) is 0 Å². The number of carbonyl (C=O) groups excluding carboxylic acids is 2. The molecule has 0 atom stereocenters. The number of furan rings is 1. The van der Waals surface area contributed by atoms with Gasteiger partial charge in [-0.3, -0.25) is 9.59 Å². The highest BCUT2D eigenvalue weighted by Gasteiger charge is 2.10. The molecule has 0 saturated heterocycles. The van der Waals surface area contributed by atoms with E-state index in [2.05, 4.69) is 10.6 Å². The Hall–Kier alpha value is -2.76. The first-order valence-electron chi connectivity index (χ1n) is 6.06. The van der Waals surface area contributed by atoms with Crippen LogP contribution in [0.5, 0.6) is 5.75 Å². The third-order valence-corrected chi connectivity index (χ3v) is 2.59. The quantitative estimate of drug-likeness (QED) is 0.713. The predicted molar refractivity (Wildman–Crippen MR) is 71.5 cm³/mol. The fraction of sp³-hybridized carbons (Fsp3) is 0.143. The summed E-state index contributed by atoms with van der Waals surface area (Å²) < 4.78 is 4.93. The molecule has 2 amide bonds. The maximum atomic E-state index is 11.7. The molecule has 0 aliphatic rings. The molecule has 2 rings (SSSR count). The minimum absolute atomic E-state index is 0.0791. The number of carbonyl (C=O) groups is 2. The Morgan fingerprint density at radius 1 is 1.00 bits per heavy atom. The molecule has 0 fully saturated rings. The van der Waals surface area contributed by atoms with E-state index in [1.165, 1.54) is 18.4 Å². The van der Waals surface area contributed by atoms with Crippen molar-refractivity contribution in [2.45, 2.75) is 0 Å². The fourth-order valence-electron chi connectivity index (χ4n) is 1.61. The van der Waals surface area contributed by atoms with E-state index in [0.717, 1.165) is 0 Å². The second kappa shape index (κ2) is 6.42. The van der Waals surface area contributed by atoms with Crippen LogP contribution in [0.3, 0.4) is 0 Å². The van der Waals surface area contributed by atoms with Crippen molar-refractivity contribution in [3.63, 3.8) is 0 Å². The number of phenols is 1. The van der Waals surface area contributed by atoms with Crippen LogP contribution in [0.2, 0.25) is 0 Å². The molecule has 1 heterocycles. The standard InChI is InChI=1S/C14H14N2O4/c17-11-5-2-1-4-10(11)13(18)15-7-8-16-14(19)12-6-3-9-20-12/h1-6,9,17H,7-8H2,(H,15,18)(H,16,19). The van der Waals surface area contributed by atoms with Gasteiger partial charge < -0.3 is 20.2 Å². The monoisotopic (exact) mass is 274 g/mol. The lowest BCUT2D eigenvalue weighted by atomic mass is 10.2. The van der Waals surface area contributed by atoms with Crippen LogP contribution in [0.15, 0.2) is 47.1 Å². The molecule has 0 aliphatic heterocycles. The molecule has 0 bridgehead atoms. The first kappa shape index (κ1) is 13.7. The van der Waals surface area contributed by atoms with E-state index in [1.807, 2.05) is 0 Å². The van der Waals surface area contributed by atoms with E-state index in [0.29, 0.717) is 0 Å². The van der Waals surface area contributed by atoms with Gasteiger partial charge in [0.2, 0.25) is 0 Å². The highest BCUT2D eigenvalue weighted by atomic mass is 16.3. The van der Waals surface area contributed by atoms with E-state index in [4.69, 9.17) is 4.42 Å². The number of rotatable bonds is 5. The highest BCUT2D eigenvalue weighted by molar-refractivity contribution is 5.96. The SMILES string of the molecule is O=C(NCCNC(=O)c1ccccc1O)c1ccco1. The van der Waals surface area contributed by atoms with Gasteiger partial charge in [-0.25, -0.2) is 0 Å². The van der Waals surface area contributed by atoms with Gasteiger partial charge in [-0.05, 0) is 24.3 Å². The van der Waals surface area contributed by atoms with Crippen LogP contribution in [0.25, 0.3) is 0 Å². The maximum absolute atomic E-state index is 11.7. The second-order valence-electron chi connectivity index (χ2n) is 4.01. The van der Waals surface area contributed by atoms with Crippen molar-refractivity contribution in [2.75, 3.05) is 13.1 Å². The Kier molecular flexibility index (Phi) is 4.39. The molecular formula is C14H14N2O4. The molecule has 0 spiro atoms. The second-order valence-corrected chi connectivity index (χ2v) is 4.01. The van der Waals surface area contributed by atoms with Crippen LogP contribution in [0.1, 0.15) is 20.9 Å². The number of para-hydroxylation sites is 1. The van der Waals surface area contributed by atoms with Crippen molar-refractivity contribution in [3.05, 3.63) is 54.0 Å². The summed E-state index contributed by atoms with van der Waals surface area (Å²) in [6, 6.07) is 9.42. The average Bonchev–Trinajstić information content (AvgIpc) is 2.98. The van der Waals surface area contributed by atoms with Gasteiger partial charge in [-0.2, -0.15) is 0 Å². The molecule has 104 valence electrons. The van der Waals surface area contributed by atoms with Crippen LogP contribution in [0, 0.1) is 0 Å². The van der Waals surface area contributed by atoms with Gasteiger partial charge in [0.1, 0.15) is 5.75 Å². The number of hydrogen-bond acceptors (Lipinski definition) is 4.